The summed E-state index contributed by atoms with van der Waals surface area (Å²) >= 11 is 1.25. The minimum atomic E-state index is -1.09. The summed E-state index contributed by atoms with van der Waals surface area (Å²) in [6, 6.07) is 9.59. The number of nitrogens with zero attached hydrogens (tertiary/aromatic N) is 2. The Hall–Kier alpha value is -3.59. The minimum Gasteiger partial charge on any atom is -0.478 e. The van der Waals surface area contributed by atoms with Gasteiger partial charge in [-0.1, -0.05) is 12.1 Å². The summed E-state index contributed by atoms with van der Waals surface area (Å²) in [6.45, 7) is 0.425. The van der Waals surface area contributed by atoms with Gasteiger partial charge in [-0.05, 0) is 36.2 Å². The van der Waals surface area contributed by atoms with Crippen molar-refractivity contribution in [2.24, 2.45) is 0 Å². The lowest BCUT2D eigenvalue weighted by Crippen LogP contribution is -2.24. The number of rotatable bonds is 6. The zero-order valence-corrected chi connectivity index (χ0v) is 15.8. The van der Waals surface area contributed by atoms with Gasteiger partial charge in [0.2, 0.25) is 0 Å². The number of thiophene rings is 1. The molecule has 0 spiro atoms. The summed E-state index contributed by atoms with van der Waals surface area (Å²) in [6.07, 6.45) is 3.48. The van der Waals surface area contributed by atoms with Gasteiger partial charge >= 0.3 is 5.97 Å². The molecule has 0 saturated heterocycles. The van der Waals surface area contributed by atoms with Crippen molar-refractivity contribution in [1.82, 2.24) is 20.3 Å². The van der Waals surface area contributed by atoms with Crippen molar-refractivity contribution in [2.45, 2.75) is 6.42 Å². The van der Waals surface area contributed by atoms with Crippen LogP contribution in [0.2, 0.25) is 0 Å². The lowest BCUT2D eigenvalue weighted by atomic mass is 10.1. The molecule has 0 aliphatic rings. The van der Waals surface area contributed by atoms with E-state index in [1.807, 2.05) is 0 Å². The topological polar surface area (TPSA) is 108 Å². The molecule has 3 N–H and O–H groups in total. The monoisotopic (exact) mass is 410 g/mol. The van der Waals surface area contributed by atoms with Gasteiger partial charge in [0.25, 0.3) is 5.91 Å². The molecule has 0 aliphatic carbocycles. The van der Waals surface area contributed by atoms with Gasteiger partial charge in [0.05, 0.1) is 21.6 Å². The average Bonchev–Trinajstić information content (AvgIpc) is 3.36. The molecule has 4 rings (SSSR count). The van der Waals surface area contributed by atoms with Crippen LogP contribution in [0.25, 0.3) is 21.7 Å². The number of carbonyl (C=O) groups excluding carboxylic acids is 1. The Balaban J connectivity index is 1.45. The molecule has 0 atom stereocenters. The summed E-state index contributed by atoms with van der Waals surface area (Å²) in [5.74, 6) is -1.60. The van der Waals surface area contributed by atoms with Gasteiger partial charge in [0, 0.05) is 12.7 Å². The molecule has 7 nitrogen and oxygen atoms in total. The highest BCUT2D eigenvalue weighted by molar-refractivity contribution is 7.17. The lowest BCUT2D eigenvalue weighted by molar-refractivity contribution is 0.0698. The van der Waals surface area contributed by atoms with Crippen LogP contribution in [-0.4, -0.2) is 38.5 Å². The van der Waals surface area contributed by atoms with Crippen molar-refractivity contribution in [2.75, 3.05) is 6.54 Å². The number of hydrogen-bond acceptors (Lipinski definition) is 5. The molecule has 9 heteroatoms. The number of carboxylic acid groups (broad SMARTS) is 1. The minimum absolute atomic E-state index is 0.0460. The molecule has 1 aromatic carbocycles. The van der Waals surface area contributed by atoms with E-state index in [4.69, 9.17) is 0 Å². The van der Waals surface area contributed by atoms with Crippen LogP contribution < -0.4 is 5.32 Å². The Morgan fingerprint density at radius 2 is 1.97 bits per heavy atom. The molecule has 4 aromatic rings. The number of benzene rings is 1. The van der Waals surface area contributed by atoms with Gasteiger partial charge in [-0.15, -0.1) is 11.3 Å². The predicted molar refractivity (Wildman–Crippen MR) is 107 cm³/mol. The highest BCUT2D eigenvalue weighted by atomic mass is 32.1. The quantitative estimate of drug-likeness (QED) is 0.451. The fourth-order valence-corrected chi connectivity index (χ4v) is 3.71. The van der Waals surface area contributed by atoms with Crippen LogP contribution >= 0.6 is 11.3 Å². The fourth-order valence-electron chi connectivity index (χ4n) is 2.83. The van der Waals surface area contributed by atoms with E-state index < -0.39 is 5.97 Å². The molecule has 0 unspecified atom stereocenters. The molecule has 0 aliphatic heterocycles. The number of carboxylic acids is 1. The van der Waals surface area contributed by atoms with Crippen molar-refractivity contribution in [3.05, 3.63) is 70.6 Å². The lowest BCUT2D eigenvalue weighted by Gasteiger charge is -2.04. The highest BCUT2D eigenvalue weighted by Gasteiger charge is 2.16. The smallest absolute Gasteiger partial charge is 0.339 e. The third kappa shape index (κ3) is 3.99. The van der Waals surface area contributed by atoms with Crippen LogP contribution in [0.5, 0.6) is 0 Å². The number of carbonyl (C=O) groups is 2. The Labute approximate surface area is 168 Å². The van der Waals surface area contributed by atoms with Crippen molar-refractivity contribution in [3.8, 4) is 10.6 Å². The molecule has 146 valence electrons. The molecule has 29 heavy (non-hydrogen) atoms. The highest BCUT2D eigenvalue weighted by Crippen LogP contribution is 2.28. The van der Waals surface area contributed by atoms with Gasteiger partial charge in [-0.2, -0.15) is 0 Å². The van der Waals surface area contributed by atoms with Crippen LogP contribution in [0.15, 0.2) is 48.8 Å². The first-order chi connectivity index (χ1) is 14.0. The number of fused-ring (bicyclic) bond motifs is 1. The van der Waals surface area contributed by atoms with Crippen molar-refractivity contribution in [3.63, 3.8) is 0 Å². The van der Waals surface area contributed by atoms with E-state index in [9.17, 15) is 19.1 Å². The first-order valence-corrected chi connectivity index (χ1v) is 9.53. The molecule has 1 amide bonds. The third-order valence-electron chi connectivity index (χ3n) is 4.31. The molecule has 0 fully saturated rings. The Morgan fingerprint density at radius 1 is 1.17 bits per heavy atom. The second kappa shape index (κ2) is 7.80. The zero-order chi connectivity index (χ0) is 20.4. The van der Waals surface area contributed by atoms with E-state index in [0.29, 0.717) is 34.1 Å². The van der Waals surface area contributed by atoms with Gasteiger partial charge < -0.3 is 15.4 Å². The molecular formula is C20H15FN4O3S. The van der Waals surface area contributed by atoms with Crippen LogP contribution in [0.4, 0.5) is 4.39 Å². The number of amides is 1. The van der Waals surface area contributed by atoms with Gasteiger partial charge in [0.15, 0.2) is 5.65 Å². The van der Waals surface area contributed by atoms with E-state index in [1.54, 1.807) is 24.3 Å². The zero-order valence-electron chi connectivity index (χ0n) is 15.0. The largest absolute Gasteiger partial charge is 0.478 e. The summed E-state index contributed by atoms with van der Waals surface area (Å²) in [4.78, 5) is 36.2. The van der Waals surface area contributed by atoms with Crippen LogP contribution in [0.3, 0.4) is 0 Å². The molecular weight excluding hydrogens is 395 g/mol. The molecule has 3 aromatic heterocycles. The number of halogens is 1. The van der Waals surface area contributed by atoms with Crippen molar-refractivity contribution >= 4 is 34.4 Å². The summed E-state index contributed by atoms with van der Waals surface area (Å²) in [5, 5.41) is 12.1. The number of nitrogens with one attached hydrogen (secondary N) is 2. The number of H-pyrrole nitrogens is 1. The molecule has 0 saturated carbocycles. The summed E-state index contributed by atoms with van der Waals surface area (Å²) in [7, 11) is 0. The van der Waals surface area contributed by atoms with Crippen LogP contribution in [0, 0.1) is 5.82 Å². The number of aromatic nitrogens is 3. The first kappa shape index (κ1) is 18.8. The van der Waals surface area contributed by atoms with Gasteiger partial charge in [-0.3, -0.25) is 4.79 Å². The Morgan fingerprint density at radius 3 is 2.72 bits per heavy atom. The fraction of sp³-hybridized carbons (Fsp3) is 0.100. The van der Waals surface area contributed by atoms with E-state index in [-0.39, 0.29) is 22.8 Å². The average molecular weight is 410 g/mol. The normalized spacial score (nSPS) is 10.9. The Kier molecular flexibility index (Phi) is 5.05. The second-order valence-corrected chi connectivity index (χ2v) is 7.34. The second-order valence-electron chi connectivity index (χ2n) is 6.26. The summed E-state index contributed by atoms with van der Waals surface area (Å²) in [5.41, 5.74) is 2.14. The van der Waals surface area contributed by atoms with E-state index in [0.717, 1.165) is 5.56 Å². The predicted octanol–water partition coefficient (Wildman–Crippen LogP) is 3.50. The van der Waals surface area contributed by atoms with Crippen LogP contribution in [-0.2, 0) is 6.42 Å². The summed E-state index contributed by atoms with van der Waals surface area (Å²) < 4.78 is 12.9. The maximum atomic E-state index is 12.9. The van der Waals surface area contributed by atoms with E-state index in [1.165, 1.54) is 35.9 Å². The maximum absolute atomic E-state index is 12.9. The first-order valence-electron chi connectivity index (χ1n) is 8.71. The molecule has 0 radical (unpaired) electrons. The third-order valence-corrected chi connectivity index (χ3v) is 5.41. The van der Waals surface area contributed by atoms with E-state index >= 15 is 0 Å². The van der Waals surface area contributed by atoms with Crippen molar-refractivity contribution in [1.29, 1.82) is 0 Å². The van der Waals surface area contributed by atoms with Gasteiger partial charge in [-0.25, -0.2) is 19.2 Å². The van der Waals surface area contributed by atoms with Crippen molar-refractivity contribution < 1.29 is 19.1 Å². The number of aromatic amines is 1. The standard InChI is InChI=1S/C20H15FN4O3S/c21-12-3-1-11(2-4-12)7-8-22-19(26)16-6-5-15(29-16)14-10-24-18-17(25-14)13(9-23-18)20(27)28/h1-6,9-10H,7-8H2,(H,22,26)(H,23,24)(H,27,28). The SMILES string of the molecule is O=C(NCCc1ccc(F)cc1)c1ccc(-c2cnc3[nH]cc(C(=O)O)c3n2)s1. The number of hydrogen-bond donors (Lipinski definition) is 3. The Bertz CT molecular complexity index is 1200. The van der Waals surface area contributed by atoms with Gasteiger partial charge in [0.1, 0.15) is 16.9 Å². The van der Waals surface area contributed by atoms with E-state index in [2.05, 4.69) is 20.3 Å². The molecule has 0 bridgehead atoms. The molecule has 3 heterocycles. The maximum Gasteiger partial charge on any atom is 0.339 e. The van der Waals surface area contributed by atoms with Crippen LogP contribution in [0.1, 0.15) is 25.6 Å². The number of aromatic carboxylic acids is 1.